The smallest absolute Gasteiger partial charge is 0.314 e. The van der Waals surface area contributed by atoms with Gasteiger partial charge in [0.2, 0.25) is 0 Å². The molecule has 2 heterocycles. The molecule has 0 bridgehead atoms. The van der Waals surface area contributed by atoms with Gasteiger partial charge in [-0.15, -0.1) is 4.72 Å². The zero-order valence-corrected chi connectivity index (χ0v) is 22.3. The Morgan fingerprint density at radius 1 is 1.13 bits per heavy atom. The number of carbonyl (C=O) groups is 1. The summed E-state index contributed by atoms with van der Waals surface area (Å²) < 4.78 is 56.8. The largest absolute Gasteiger partial charge is 0.455 e. The maximum absolute atomic E-state index is 14.0. The molecule has 4 aromatic rings. The molecule has 38 heavy (non-hydrogen) atoms. The SMILES string of the molecule is Cc1cc([C@@H](C)Nc2ccc(Cl)nc2C(=O)N[S+](C)(=O)O)c2oc(-c3ccc(F)c(F)c3)c(C)c(=O)c2c1. The number of amides is 1. The molecule has 0 spiro atoms. The molecule has 12 heteroatoms. The van der Waals surface area contributed by atoms with Gasteiger partial charge < -0.3 is 9.73 Å². The van der Waals surface area contributed by atoms with Crippen LogP contribution < -0.4 is 15.5 Å². The van der Waals surface area contributed by atoms with Crippen molar-refractivity contribution in [3.63, 3.8) is 0 Å². The number of aryl methyl sites for hydroxylation is 1. The van der Waals surface area contributed by atoms with Crippen LogP contribution in [0.5, 0.6) is 0 Å². The number of benzene rings is 2. The van der Waals surface area contributed by atoms with Crippen LogP contribution in [0.1, 0.15) is 40.1 Å². The zero-order valence-electron chi connectivity index (χ0n) is 20.7. The number of rotatable bonds is 6. The van der Waals surface area contributed by atoms with Crippen molar-refractivity contribution in [3.8, 4) is 11.3 Å². The number of nitrogens with zero attached hydrogens (tertiary/aromatic N) is 1. The number of fused-ring (bicyclic) bond motifs is 1. The number of pyridine rings is 1. The fourth-order valence-electron chi connectivity index (χ4n) is 4.06. The molecule has 4 rings (SSSR count). The molecule has 1 amide bonds. The number of nitrogens with one attached hydrogen (secondary N) is 2. The Morgan fingerprint density at radius 3 is 2.50 bits per heavy atom. The minimum atomic E-state index is -3.62. The van der Waals surface area contributed by atoms with Crippen LogP contribution >= 0.6 is 11.6 Å². The fraction of sp³-hybridized carbons (Fsp3) is 0.192. The summed E-state index contributed by atoms with van der Waals surface area (Å²) in [4.78, 5) is 29.9. The van der Waals surface area contributed by atoms with E-state index in [0.29, 0.717) is 5.56 Å². The summed E-state index contributed by atoms with van der Waals surface area (Å²) >= 11 is 5.96. The summed E-state index contributed by atoms with van der Waals surface area (Å²) in [6, 6.07) is 9.02. The Morgan fingerprint density at radius 2 is 1.84 bits per heavy atom. The average molecular weight is 563 g/mol. The quantitative estimate of drug-likeness (QED) is 0.200. The first-order chi connectivity index (χ1) is 17.7. The van der Waals surface area contributed by atoms with E-state index in [0.717, 1.165) is 24.0 Å². The lowest BCUT2D eigenvalue weighted by Crippen LogP contribution is -2.35. The standard InChI is InChI=1S/C26H22ClF2N3O5S/c1-12-9-16(14(3)30-20-7-8-21(27)31-22(20)26(34)32-38(4,35)36)25-17(10-12)23(33)13(2)24(37-25)15-5-6-18(28)19(29)11-15/h5-11,14H,1-4H3,(H2-,30,32,34,35,36)/p+1/t14-/m1/s1. The number of aromatic nitrogens is 1. The second-order valence-electron chi connectivity index (χ2n) is 8.87. The lowest BCUT2D eigenvalue weighted by atomic mass is 9.98. The lowest BCUT2D eigenvalue weighted by Gasteiger charge is -2.20. The molecule has 0 aliphatic carbocycles. The molecule has 2 atom stereocenters. The van der Waals surface area contributed by atoms with E-state index >= 15 is 0 Å². The van der Waals surface area contributed by atoms with E-state index in [2.05, 4.69) is 10.3 Å². The Kier molecular flexibility index (Phi) is 7.37. The molecule has 2 aromatic carbocycles. The molecule has 1 unspecified atom stereocenters. The molecule has 0 radical (unpaired) electrons. The van der Waals surface area contributed by atoms with Crippen LogP contribution in [0.4, 0.5) is 14.5 Å². The van der Waals surface area contributed by atoms with Gasteiger partial charge in [0.25, 0.3) is 0 Å². The third kappa shape index (κ3) is 5.59. The van der Waals surface area contributed by atoms with Crippen molar-refractivity contribution >= 4 is 44.6 Å². The predicted molar refractivity (Wildman–Crippen MR) is 143 cm³/mol. The summed E-state index contributed by atoms with van der Waals surface area (Å²) in [6.07, 6.45) is 0.943. The van der Waals surface area contributed by atoms with Gasteiger partial charge in [0.1, 0.15) is 16.5 Å². The van der Waals surface area contributed by atoms with Crippen molar-refractivity contribution in [2.45, 2.75) is 26.8 Å². The predicted octanol–water partition coefficient (Wildman–Crippen LogP) is 5.82. The van der Waals surface area contributed by atoms with Crippen LogP contribution in [0.2, 0.25) is 5.15 Å². The first kappa shape index (κ1) is 27.4. The lowest BCUT2D eigenvalue weighted by molar-refractivity contribution is 0.0975. The van der Waals surface area contributed by atoms with Crippen molar-refractivity contribution in [2.24, 2.45) is 0 Å². The second kappa shape index (κ2) is 10.2. The number of hydrogen-bond acceptors (Lipinski definition) is 6. The summed E-state index contributed by atoms with van der Waals surface area (Å²) in [5.41, 5.74) is 1.57. The zero-order chi connectivity index (χ0) is 27.9. The third-order valence-corrected chi connectivity index (χ3v) is 6.55. The van der Waals surface area contributed by atoms with Gasteiger partial charge in [-0.3, -0.25) is 9.59 Å². The Balaban J connectivity index is 1.84. The van der Waals surface area contributed by atoms with E-state index < -0.39 is 34.0 Å². The highest BCUT2D eigenvalue weighted by atomic mass is 35.5. The first-order valence-electron chi connectivity index (χ1n) is 11.3. The first-order valence-corrected chi connectivity index (χ1v) is 13.6. The maximum Gasteiger partial charge on any atom is 0.314 e. The Labute approximate surface area is 222 Å². The van der Waals surface area contributed by atoms with Gasteiger partial charge in [-0.1, -0.05) is 17.7 Å². The summed E-state index contributed by atoms with van der Waals surface area (Å²) in [5, 5.41) is 3.40. The molecule has 198 valence electrons. The monoisotopic (exact) mass is 562 g/mol. The molecule has 0 saturated heterocycles. The number of carbonyl (C=O) groups excluding carboxylic acids is 1. The minimum Gasteiger partial charge on any atom is -0.455 e. The van der Waals surface area contributed by atoms with Crippen molar-refractivity contribution in [1.29, 1.82) is 0 Å². The second-order valence-corrected chi connectivity index (χ2v) is 11.1. The number of halogens is 3. The van der Waals surface area contributed by atoms with E-state index in [4.69, 9.17) is 16.0 Å². The van der Waals surface area contributed by atoms with Crippen molar-refractivity contribution in [1.82, 2.24) is 9.71 Å². The highest BCUT2D eigenvalue weighted by Crippen LogP contribution is 2.33. The molecular formula is C26H23ClF2N3O5S+. The van der Waals surface area contributed by atoms with Crippen LogP contribution in [0.3, 0.4) is 0 Å². The summed E-state index contributed by atoms with van der Waals surface area (Å²) in [5.74, 6) is -2.94. The normalized spacial score (nSPS) is 13.7. The van der Waals surface area contributed by atoms with Gasteiger partial charge in [0, 0.05) is 16.7 Å². The van der Waals surface area contributed by atoms with Crippen molar-refractivity contribution in [2.75, 3.05) is 11.6 Å². The van der Waals surface area contributed by atoms with Crippen LogP contribution in [0, 0.1) is 25.5 Å². The van der Waals surface area contributed by atoms with Gasteiger partial charge in [-0.2, -0.15) is 4.55 Å². The molecule has 3 N–H and O–H groups in total. The average Bonchev–Trinajstić information content (AvgIpc) is 2.83. The van der Waals surface area contributed by atoms with Gasteiger partial charge >= 0.3 is 16.3 Å². The summed E-state index contributed by atoms with van der Waals surface area (Å²) in [7, 11) is -3.62. The maximum atomic E-state index is 14.0. The van der Waals surface area contributed by atoms with E-state index in [1.54, 1.807) is 32.9 Å². The van der Waals surface area contributed by atoms with Crippen LogP contribution in [0.25, 0.3) is 22.3 Å². The van der Waals surface area contributed by atoms with E-state index in [1.807, 2.05) is 4.72 Å². The third-order valence-electron chi connectivity index (χ3n) is 5.77. The molecule has 8 nitrogen and oxygen atoms in total. The molecule has 0 aliphatic heterocycles. The van der Waals surface area contributed by atoms with Crippen LogP contribution in [-0.2, 0) is 14.6 Å². The van der Waals surface area contributed by atoms with Gasteiger partial charge in [-0.25, -0.2) is 13.8 Å². The highest BCUT2D eigenvalue weighted by Gasteiger charge is 2.26. The fourth-order valence-corrected chi connectivity index (χ4v) is 4.65. The number of anilines is 1. The molecule has 0 fully saturated rings. The van der Waals surface area contributed by atoms with Crippen LogP contribution in [0.15, 0.2) is 51.7 Å². The minimum absolute atomic E-state index is 0.00690. The summed E-state index contributed by atoms with van der Waals surface area (Å²) in [6.45, 7) is 5.09. The van der Waals surface area contributed by atoms with E-state index in [1.165, 1.54) is 18.2 Å². The topological polar surface area (TPSA) is 122 Å². The molecule has 2 aromatic heterocycles. The van der Waals surface area contributed by atoms with Crippen LogP contribution in [-0.4, -0.2) is 21.7 Å². The molecule has 0 saturated carbocycles. The molecule has 0 aliphatic rings. The molecular weight excluding hydrogens is 540 g/mol. The van der Waals surface area contributed by atoms with E-state index in [9.17, 15) is 27.1 Å². The highest BCUT2D eigenvalue weighted by molar-refractivity contribution is 7.95. The van der Waals surface area contributed by atoms with Gasteiger partial charge in [0.05, 0.1) is 17.1 Å². The number of hydrogen-bond donors (Lipinski definition) is 3. The van der Waals surface area contributed by atoms with Gasteiger partial charge in [-0.05, 0) is 66.9 Å². The Hall–Kier alpha value is -3.67. The Bertz CT molecular complexity index is 1700. The van der Waals surface area contributed by atoms with Crippen molar-refractivity contribution < 1.29 is 26.8 Å². The van der Waals surface area contributed by atoms with Crippen molar-refractivity contribution in [3.05, 3.63) is 91.9 Å². The van der Waals surface area contributed by atoms with Gasteiger partial charge in [0.15, 0.2) is 29.0 Å². The van der Waals surface area contributed by atoms with E-state index in [-0.39, 0.29) is 49.8 Å².